The first-order valence-corrected chi connectivity index (χ1v) is 11.2. The largest absolute Gasteiger partial charge is 0.494 e. The van der Waals surface area contributed by atoms with Gasteiger partial charge >= 0.3 is 0 Å². The lowest BCUT2D eigenvalue weighted by molar-refractivity contribution is 0.0260. The average molecular weight is 475 g/mol. The molecular weight excluding hydrogens is 447 g/mol. The third kappa shape index (κ3) is 5.56. The maximum atomic E-state index is 14.9. The Morgan fingerprint density at radius 2 is 1.89 bits per heavy atom. The summed E-state index contributed by atoms with van der Waals surface area (Å²) in [5.41, 5.74) is 5.96. The van der Waals surface area contributed by atoms with Crippen LogP contribution in [0.5, 0.6) is 5.88 Å². The number of benzene rings is 3. The normalized spacial score (nSPS) is 11.9. The lowest BCUT2D eigenvalue weighted by Gasteiger charge is -2.11. The van der Waals surface area contributed by atoms with Gasteiger partial charge in [0.1, 0.15) is 5.82 Å². The average Bonchev–Trinajstić information content (AvgIpc) is 3.15. The molecule has 0 atom stereocenters. The SMILES string of the molecule is Cc1ccc2c(C(=Nc3ccc(C(=O)NOCCN(C)C)c(F)c3)c3ccccc3)c(O)[nH]c2c1. The molecule has 0 spiro atoms. The molecule has 0 aliphatic heterocycles. The van der Waals surface area contributed by atoms with Crippen molar-refractivity contribution in [1.29, 1.82) is 0 Å². The third-order valence-electron chi connectivity index (χ3n) is 5.46. The van der Waals surface area contributed by atoms with Gasteiger partial charge in [0.25, 0.3) is 5.91 Å². The highest BCUT2D eigenvalue weighted by molar-refractivity contribution is 6.21. The topological polar surface area (TPSA) is 89.9 Å². The highest BCUT2D eigenvalue weighted by Gasteiger charge is 2.19. The summed E-state index contributed by atoms with van der Waals surface area (Å²) in [6.07, 6.45) is 0. The summed E-state index contributed by atoms with van der Waals surface area (Å²) in [4.78, 5) is 27.0. The molecule has 0 unspecified atom stereocenters. The summed E-state index contributed by atoms with van der Waals surface area (Å²) in [5, 5.41) is 11.6. The number of halogens is 1. The first-order chi connectivity index (χ1) is 16.8. The molecule has 1 aromatic heterocycles. The maximum Gasteiger partial charge on any atom is 0.277 e. The summed E-state index contributed by atoms with van der Waals surface area (Å²) in [5.74, 6) is -1.43. The van der Waals surface area contributed by atoms with Crippen molar-refractivity contribution in [2.75, 3.05) is 27.2 Å². The van der Waals surface area contributed by atoms with Gasteiger partial charge in [-0.05, 0) is 44.8 Å². The number of carbonyl (C=O) groups excluding carboxylic acids is 1. The number of aryl methyl sites for hydroxylation is 1. The Morgan fingerprint density at radius 3 is 2.60 bits per heavy atom. The molecule has 0 aliphatic rings. The number of hydrogen-bond donors (Lipinski definition) is 3. The van der Waals surface area contributed by atoms with E-state index in [0.717, 1.165) is 22.0 Å². The number of likely N-dealkylation sites (N-methyl/N-ethyl adjacent to an activating group) is 1. The number of carbonyl (C=O) groups is 1. The van der Waals surface area contributed by atoms with Gasteiger partial charge in [-0.2, -0.15) is 0 Å². The minimum absolute atomic E-state index is 0.0282. The van der Waals surface area contributed by atoms with Gasteiger partial charge in [0, 0.05) is 29.1 Å². The van der Waals surface area contributed by atoms with Gasteiger partial charge in [-0.15, -0.1) is 0 Å². The van der Waals surface area contributed by atoms with Crippen LogP contribution in [0.3, 0.4) is 0 Å². The molecule has 3 aromatic carbocycles. The van der Waals surface area contributed by atoms with Crippen LogP contribution in [0.25, 0.3) is 10.9 Å². The van der Waals surface area contributed by atoms with Gasteiger partial charge in [-0.1, -0.05) is 42.5 Å². The lowest BCUT2D eigenvalue weighted by atomic mass is 10.00. The summed E-state index contributed by atoms with van der Waals surface area (Å²) in [6, 6.07) is 19.3. The molecule has 180 valence electrons. The molecule has 4 rings (SSSR count). The van der Waals surface area contributed by atoms with E-state index in [1.807, 2.05) is 74.4 Å². The van der Waals surface area contributed by atoms with Crippen LogP contribution >= 0.6 is 0 Å². The zero-order chi connectivity index (χ0) is 24.9. The van der Waals surface area contributed by atoms with Crippen molar-refractivity contribution in [2.24, 2.45) is 4.99 Å². The molecule has 0 radical (unpaired) electrons. The van der Waals surface area contributed by atoms with E-state index in [9.17, 15) is 14.3 Å². The predicted molar refractivity (Wildman–Crippen MR) is 135 cm³/mol. The molecule has 8 heteroatoms. The van der Waals surface area contributed by atoms with E-state index >= 15 is 0 Å². The fourth-order valence-electron chi connectivity index (χ4n) is 3.68. The highest BCUT2D eigenvalue weighted by atomic mass is 19.1. The smallest absolute Gasteiger partial charge is 0.277 e. The molecule has 3 N–H and O–H groups in total. The number of aliphatic imine (C=N–C) groups is 1. The van der Waals surface area contributed by atoms with Crippen LogP contribution < -0.4 is 5.48 Å². The fourth-order valence-corrected chi connectivity index (χ4v) is 3.68. The number of nitrogens with zero attached hydrogens (tertiary/aromatic N) is 2. The summed E-state index contributed by atoms with van der Waals surface area (Å²) < 4.78 is 14.9. The van der Waals surface area contributed by atoms with E-state index < -0.39 is 11.7 Å². The van der Waals surface area contributed by atoms with Crippen molar-refractivity contribution in [3.63, 3.8) is 0 Å². The van der Waals surface area contributed by atoms with Crippen molar-refractivity contribution < 1.29 is 19.1 Å². The first kappa shape index (κ1) is 24.1. The Labute approximate surface area is 202 Å². The van der Waals surface area contributed by atoms with Crippen LogP contribution in [0, 0.1) is 12.7 Å². The predicted octanol–water partition coefficient (Wildman–Crippen LogP) is 4.71. The van der Waals surface area contributed by atoms with E-state index in [4.69, 9.17) is 4.84 Å². The number of H-pyrrole nitrogens is 1. The maximum absolute atomic E-state index is 14.9. The Balaban J connectivity index is 1.70. The second kappa shape index (κ2) is 10.5. The molecule has 0 aliphatic carbocycles. The fraction of sp³-hybridized carbons (Fsp3) is 0.185. The van der Waals surface area contributed by atoms with Crippen LogP contribution in [0.1, 0.15) is 27.0 Å². The van der Waals surface area contributed by atoms with Crippen LogP contribution in [0.2, 0.25) is 0 Å². The van der Waals surface area contributed by atoms with E-state index in [2.05, 4.69) is 15.5 Å². The van der Waals surface area contributed by atoms with Crippen LogP contribution in [0.15, 0.2) is 71.7 Å². The Morgan fingerprint density at radius 1 is 1.11 bits per heavy atom. The van der Waals surface area contributed by atoms with Gasteiger partial charge in [-0.25, -0.2) is 14.9 Å². The first-order valence-electron chi connectivity index (χ1n) is 11.2. The van der Waals surface area contributed by atoms with Gasteiger partial charge in [-0.3, -0.25) is 9.63 Å². The Hall–Kier alpha value is -4.01. The number of hydrogen-bond acceptors (Lipinski definition) is 5. The van der Waals surface area contributed by atoms with Crippen molar-refractivity contribution in [3.05, 3.63) is 94.8 Å². The summed E-state index contributed by atoms with van der Waals surface area (Å²) in [6.45, 7) is 2.85. The quantitative estimate of drug-likeness (QED) is 0.196. The van der Waals surface area contributed by atoms with Crippen molar-refractivity contribution >= 4 is 28.2 Å². The van der Waals surface area contributed by atoms with E-state index in [1.165, 1.54) is 12.1 Å². The van der Waals surface area contributed by atoms with Gasteiger partial charge in [0.15, 0.2) is 5.88 Å². The van der Waals surface area contributed by atoms with Crippen LogP contribution in [-0.2, 0) is 4.84 Å². The second-order valence-electron chi connectivity index (χ2n) is 8.47. The number of aromatic nitrogens is 1. The van der Waals surface area contributed by atoms with Crippen molar-refractivity contribution in [2.45, 2.75) is 6.92 Å². The lowest BCUT2D eigenvalue weighted by Crippen LogP contribution is -2.28. The number of aromatic hydroxyl groups is 1. The molecular formula is C27H27FN4O3. The number of hydroxylamine groups is 1. The minimum Gasteiger partial charge on any atom is -0.494 e. The van der Waals surface area contributed by atoms with Crippen molar-refractivity contribution in [3.8, 4) is 5.88 Å². The molecule has 4 aromatic rings. The van der Waals surface area contributed by atoms with E-state index in [1.54, 1.807) is 6.07 Å². The Kier molecular flexibility index (Phi) is 7.24. The summed E-state index contributed by atoms with van der Waals surface area (Å²) >= 11 is 0. The molecule has 0 fully saturated rings. The molecule has 7 nitrogen and oxygen atoms in total. The molecule has 35 heavy (non-hydrogen) atoms. The third-order valence-corrected chi connectivity index (χ3v) is 5.46. The monoisotopic (exact) mass is 474 g/mol. The van der Waals surface area contributed by atoms with Crippen LogP contribution in [-0.4, -0.2) is 53.9 Å². The van der Waals surface area contributed by atoms with E-state index in [0.29, 0.717) is 23.5 Å². The van der Waals surface area contributed by atoms with Gasteiger partial charge in [0.05, 0.1) is 29.1 Å². The number of amides is 1. The number of aromatic amines is 1. The standard InChI is InChI=1S/C27H27FN4O3/c1-17-9-11-21-23(15-17)30-27(34)24(21)25(18-7-5-4-6-8-18)29-19-10-12-20(22(28)16-19)26(33)31-35-14-13-32(2)3/h4-12,15-16,30,34H,13-14H2,1-3H3,(H,31,33). The zero-order valence-electron chi connectivity index (χ0n) is 19.8. The van der Waals surface area contributed by atoms with Gasteiger partial charge < -0.3 is 15.0 Å². The van der Waals surface area contributed by atoms with E-state index in [-0.39, 0.29) is 18.1 Å². The molecule has 0 bridgehead atoms. The number of nitrogens with one attached hydrogen (secondary N) is 2. The zero-order valence-corrected chi connectivity index (χ0v) is 19.8. The van der Waals surface area contributed by atoms with Gasteiger partial charge in [0.2, 0.25) is 0 Å². The number of fused-ring (bicyclic) bond motifs is 1. The number of rotatable bonds is 8. The van der Waals surface area contributed by atoms with Crippen molar-refractivity contribution in [1.82, 2.24) is 15.4 Å². The Bertz CT molecular complexity index is 1380. The molecule has 0 saturated heterocycles. The molecule has 1 heterocycles. The minimum atomic E-state index is -0.730. The molecule has 0 saturated carbocycles. The second-order valence-corrected chi connectivity index (χ2v) is 8.47. The van der Waals surface area contributed by atoms with Crippen LogP contribution in [0.4, 0.5) is 10.1 Å². The highest BCUT2D eigenvalue weighted by Crippen LogP contribution is 2.32. The molecule has 1 amide bonds. The summed E-state index contributed by atoms with van der Waals surface area (Å²) in [7, 11) is 3.76.